The average Bonchev–Trinajstić information content (AvgIpc) is 2.17. The summed E-state index contributed by atoms with van der Waals surface area (Å²) in [5.41, 5.74) is 0.914. The summed E-state index contributed by atoms with van der Waals surface area (Å²) < 4.78 is 0. The van der Waals surface area contributed by atoms with Crippen LogP contribution >= 0.6 is 0 Å². The van der Waals surface area contributed by atoms with Crippen molar-refractivity contribution in [2.45, 2.75) is 0 Å². The zero-order chi connectivity index (χ0) is 10.1. The number of nitro groups is 1. The maximum absolute atomic E-state index is 10.8. The van der Waals surface area contributed by atoms with Gasteiger partial charge in [-0.2, -0.15) is 0 Å². The number of hydrogen-bond donors (Lipinski definition) is 0. The van der Waals surface area contributed by atoms with E-state index in [0.29, 0.717) is 10.8 Å². The molecule has 0 atom stereocenters. The van der Waals surface area contributed by atoms with E-state index in [1.54, 1.807) is 20.0 Å². The Morgan fingerprint density at radius 2 is 1.86 bits per heavy atom. The van der Waals surface area contributed by atoms with Crippen molar-refractivity contribution in [3.05, 3.63) is 46.5 Å². The quantitative estimate of drug-likeness (QED) is 0.378. The van der Waals surface area contributed by atoms with Crippen LogP contribution in [0.2, 0.25) is 0 Å². The molecule has 3 nitrogen and oxygen atoms in total. The van der Waals surface area contributed by atoms with Crippen molar-refractivity contribution in [1.29, 1.82) is 0 Å². The predicted octanol–water partition coefficient (Wildman–Crippen LogP) is 1.01. The first-order valence-corrected chi connectivity index (χ1v) is 4.33. The van der Waals surface area contributed by atoms with Gasteiger partial charge < -0.3 is 0 Å². The van der Waals surface area contributed by atoms with Gasteiger partial charge in [0.15, 0.2) is 0 Å². The highest BCUT2D eigenvalue weighted by Crippen LogP contribution is 2.22. The highest BCUT2D eigenvalue weighted by atomic mass is 16.6. The van der Waals surface area contributed by atoms with Gasteiger partial charge >= 0.3 is 0 Å². The fraction of sp³-hybridized carbons (Fsp3) is 0. The van der Waals surface area contributed by atoms with Crippen LogP contribution < -0.4 is 5.46 Å². The smallest absolute Gasteiger partial charge is 0.258 e. The van der Waals surface area contributed by atoms with Gasteiger partial charge in [0, 0.05) is 0 Å². The molecule has 0 saturated heterocycles. The van der Waals surface area contributed by atoms with E-state index in [0.717, 1.165) is 5.39 Å². The summed E-state index contributed by atoms with van der Waals surface area (Å²) in [5.74, 6) is 0. The Morgan fingerprint density at radius 3 is 2.57 bits per heavy atom. The Morgan fingerprint density at radius 1 is 1.14 bits per heavy atom. The van der Waals surface area contributed by atoms with Crippen LogP contribution in [0.3, 0.4) is 0 Å². The molecule has 4 heteroatoms. The lowest BCUT2D eigenvalue weighted by molar-refractivity contribution is -0.381. The largest absolute Gasteiger partial charge is 0.270 e. The molecule has 2 aromatic rings. The van der Waals surface area contributed by atoms with E-state index in [2.05, 4.69) is 0 Å². The number of hydrogen-bond acceptors (Lipinski definition) is 2. The maximum atomic E-state index is 10.8. The summed E-state index contributed by atoms with van der Waals surface area (Å²) in [6.45, 7) is 0. The van der Waals surface area contributed by atoms with Crippen LogP contribution in [0, 0.1) is 10.1 Å². The second-order valence-electron chi connectivity index (χ2n) is 3.21. The van der Waals surface area contributed by atoms with Gasteiger partial charge in [-0.15, -0.1) is 0 Å². The molecule has 2 aromatic carbocycles. The molecule has 0 N–H and O–H groups in total. The number of nitro benzene ring substituents is 1. The lowest BCUT2D eigenvalue weighted by Gasteiger charge is -2.01. The number of benzene rings is 2. The molecule has 14 heavy (non-hydrogen) atoms. The Bertz CT molecular complexity index is 510. The molecule has 0 heterocycles. The fourth-order valence-electron chi connectivity index (χ4n) is 1.61. The van der Waals surface area contributed by atoms with Gasteiger partial charge in [0.1, 0.15) is 7.85 Å². The third-order valence-electron chi connectivity index (χ3n) is 2.28. The minimum absolute atomic E-state index is 0.211. The molecule has 0 fully saturated rings. The summed E-state index contributed by atoms with van der Waals surface area (Å²) in [4.78, 5) is 10.5. The molecule has 0 amide bonds. The average molecular weight is 185 g/mol. The molecule has 0 spiro atoms. The van der Waals surface area contributed by atoms with Crippen molar-refractivity contribution >= 4 is 29.8 Å². The lowest BCUT2D eigenvalue weighted by atomic mass is 9.91. The molecule has 0 unspecified atom stereocenters. The number of fused-ring (bicyclic) bond motifs is 1. The summed E-state index contributed by atoms with van der Waals surface area (Å²) in [6, 6.07) is 11.0. The third kappa shape index (κ3) is 1.25. The third-order valence-corrected chi connectivity index (χ3v) is 2.28. The molecule has 0 aliphatic heterocycles. The lowest BCUT2D eigenvalue weighted by Crippen LogP contribution is -2.09. The Hall–Kier alpha value is -1.84. The molecular formula is C10H8BNO2. The van der Waals surface area contributed by atoms with Crippen molar-refractivity contribution in [3.8, 4) is 0 Å². The van der Waals surface area contributed by atoms with E-state index in [1.807, 2.05) is 24.3 Å². The van der Waals surface area contributed by atoms with Crippen LogP contribution in [0.15, 0.2) is 36.4 Å². The first-order chi connectivity index (χ1) is 6.70. The van der Waals surface area contributed by atoms with Crippen LogP contribution in [0.5, 0.6) is 0 Å². The summed E-state index contributed by atoms with van der Waals surface area (Å²) in [5, 5.41) is 12.5. The zero-order valence-electron chi connectivity index (χ0n) is 7.73. The van der Waals surface area contributed by atoms with Crippen molar-refractivity contribution < 1.29 is 4.92 Å². The molecule has 0 radical (unpaired) electrons. The van der Waals surface area contributed by atoms with Crippen LogP contribution in [0.4, 0.5) is 5.69 Å². The maximum Gasteiger partial charge on any atom is 0.270 e. The van der Waals surface area contributed by atoms with Crippen LogP contribution in [-0.4, -0.2) is 12.8 Å². The second kappa shape index (κ2) is 3.14. The van der Waals surface area contributed by atoms with E-state index < -0.39 is 0 Å². The molecule has 0 aliphatic carbocycles. The molecule has 0 saturated carbocycles. The number of nitrogens with zero attached hydrogens (tertiary/aromatic N) is 1. The molecule has 0 aromatic heterocycles. The van der Waals surface area contributed by atoms with Gasteiger partial charge in [0.2, 0.25) is 0 Å². The van der Waals surface area contributed by atoms with Gasteiger partial charge in [0.25, 0.3) is 5.69 Å². The van der Waals surface area contributed by atoms with Gasteiger partial charge in [-0.3, -0.25) is 10.1 Å². The minimum atomic E-state index is -0.322. The second-order valence-corrected chi connectivity index (χ2v) is 3.21. The summed E-state index contributed by atoms with van der Waals surface area (Å²) in [6.07, 6.45) is 0. The Labute approximate surface area is 81.9 Å². The SMILES string of the molecule is Bc1ccc2ccccc2c1[N+](=O)[O-]. The van der Waals surface area contributed by atoms with E-state index in [1.165, 1.54) is 0 Å². The van der Waals surface area contributed by atoms with Crippen molar-refractivity contribution in [2.75, 3.05) is 0 Å². The van der Waals surface area contributed by atoms with E-state index in [-0.39, 0.29) is 10.6 Å². The Kier molecular flexibility index (Phi) is 1.96. The topological polar surface area (TPSA) is 43.1 Å². The van der Waals surface area contributed by atoms with Crippen LogP contribution in [-0.2, 0) is 0 Å². The highest BCUT2D eigenvalue weighted by Gasteiger charge is 2.13. The standard InChI is InChI=1S/C10H8BNO2/c11-9-6-5-7-3-1-2-4-8(7)10(9)12(13)14/h1-6H,11H2. The van der Waals surface area contributed by atoms with Crippen LogP contribution in [0.25, 0.3) is 10.8 Å². The zero-order valence-corrected chi connectivity index (χ0v) is 7.73. The summed E-state index contributed by atoms with van der Waals surface area (Å²) >= 11 is 0. The van der Waals surface area contributed by atoms with E-state index >= 15 is 0 Å². The van der Waals surface area contributed by atoms with E-state index in [9.17, 15) is 10.1 Å². The molecule has 68 valence electrons. The fourth-order valence-corrected chi connectivity index (χ4v) is 1.61. The van der Waals surface area contributed by atoms with E-state index in [4.69, 9.17) is 0 Å². The number of rotatable bonds is 1. The molecule has 0 aliphatic rings. The van der Waals surface area contributed by atoms with Crippen molar-refractivity contribution in [2.24, 2.45) is 0 Å². The predicted molar refractivity (Wildman–Crippen MR) is 58.8 cm³/mol. The van der Waals surface area contributed by atoms with Crippen molar-refractivity contribution in [3.63, 3.8) is 0 Å². The van der Waals surface area contributed by atoms with Crippen LogP contribution in [0.1, 0.15) is 0 Å². The summed E-state index contributed by atoms with van der Waals surface area (Å²) in [7, 11) is 1.75. The van der Waals surface area contributed by atoms with Gasteiger partial charge in [-0.1, -0.05) is 30.3 Å². The van der Waals surface area contributed by atoms with Gasteiger partial charge in [0.05, 0.1) is 10.3 Å². The monoisotopic (exact) mass is 185 g/mol. The van der Waals surface area contributed by atoms with Gasteiger partial charge in [-0.05, 0) is 16.9 Å². The molecular weight excluding hydrogens is 177 g/mol. The van der Waals surface area contributed by atoms with Gasteiger partial charge in [-0.25, -0.2) is 0 Å². The normalized spacial score (nSPS) is 10.3. The van der Waals surface area contributed by atoms with Crippen molar-refractivity contribution in [1.82, 2.24) is 0 Å². The highest BCUT2D eigenvalue weighted by molar-refractivity contribution is 6.36. The molecule has 0 bridgehead atoms. The minimum Gasteiger partial charge on any atom is -0.258 e. The molecule has 2 rings (SSSR count). The first-order valence-electron chi connectivity index (χ1n) is 4.33. The first kappa shape index (κ1) is 8.75. The Balaban J connectivity index is 2.90.